The van der Waals surface area contributed by atoms with Crippen LogP contribution in [0.25, 0.3) is 10.9 Å². The number of amides is 1. The van der Waals surface area contributed by atoms with Gasteiger partial charge in [-0.15, -0.1) is 0 Å². The standard InChI is InChI=1S/C22H29N5O/c1-25(2)11-3-12-26-15-10-24-21(26)18-7-13-27(14-8-18)22(28)19-5-4-17-6-9-23-20(17)16-19/h4-6,9-10,15-16,18,23H,3,7-8,11-14H2,1-2H3. The Balaban J connectivity index is 1.37. The Morgan fingerprint density at radius 3 is 2.86 bits per heavy atom. The molecule has 0 atom stereocenters. The summed E-state index contributed by atoms with van der Waals surface area (Å²) in [5.74, 6) is 1.74. The van der Waals surface area contributed by atoms with Crippen molar-refractivity contribution < 1.29 is 4.79 Å². The van der Waals surface area contributed by atoms with Crippen LogP contribution in [0.5, 0.6) is 0 Å². The van der Waals surface area contributed by atoms with Gasteiger partial charge in [0.05, 0.1) is 0 Å². The topological polar surface area (TPSA) is 57.2 Å². The number of H-pyrrole nitrogens is 1. The number of nitrogens with one attached hydrogen (secondary N) is 1. The highest BCUT2D eigenvalue weighted by molar-refractivity contribution is 5.98. The van der Waals surface area contributed by atoms with Crippen molar-refractivity contribution in [3.05, 3.63) is 54.2 Å². The molecule has 0 saturated carbocycles. The minimum absolute atomic E-state index is 0.129. The van der Waals surface area contributed by atoms with E-state index in [9.17, 15) is 4.79 Å². The van der Waals surface area contributed by atoms with Gasteiger partial charge in [-0.3, -0.25) is 4.79 Å². The summed E-state index contributed by atoms with van der Waals surface area (Å²) in [6.45, 7) is 3.66. The first kappa shape index (κ1) is 18.7. The molecule has 6 heteroatoms. The lowest BCUT2D eigenvalue weighted by atomic mass is 9.95. The lowest BCUT2D eigenvalue weighted by molar-refractivity contribution is 0.0710. The fourth-order valence-corrected chi connectivity index (χ4v) is 4.13. The normalized spacial score (nSPS) is 15.6. The molecule has 1 aliphatic heterocycles. The molecule has 1 amide bonds. The van der Waals surface area contributed by atoms with Gasteiger partial charge in [-0.1, -0.05) is 6.07 Å². The molecule has 148 valence electrons. The number of hydrogen-bond acceptors (Lipinski definition) is 3. The van der Waals surface area contributed by atoms with Gasteiger partial charge < -0.3 is 19.4 Å². The maximum atomic E-state index is 12.9. The summed E-state index contributed by atoms with van der Waals surface area (Å²) in [5, 5.41) is 1.14. The van der Waals surface area contributed by atoms with E-state index in [1.165, 1.54) is 5.82 Å². The van der Waals surface area contributed by atoms with Crippen LogP contribution in [0, 0.1) is 0 Å². The SMILES string of the molecule is CN(C)CCCn1ccnc1C1CCN(C(=O)c2ccc3cc[nH]c3c2)CC1. The molecule has 0 unspecified atom stereocenters. The zero-order valence-electron chi connectivity index (χ0n) is 16.8. The molecule has 0 radical (unpaired) electrons. The summed E-state index contributed by atoms with van der Waals surface area (Å²) in [6, 6.07) is 7.93. The number of carbonyl (C=O) groups is 1. The molecule has 1 aliphatic rings. The fraction of sp³-hybridized carbons (Fsp3) is 0.455. The first-order chi connectivity index (χ1) is 13.6. The Kier molecular flexibility index (Phi) is 5.48. The van der Waals surface area contributed by atoms with Crippen LogP contribution in [0.15, 0.2) is 42.9 Å². The van der Waals surface area contributed by atoms with Crippen LogP contribution >= 0.6 is 0 Å². The predicted molar refractivity (Wildman–Crippen MR) is 112 cm³/mol. The summed E-state index contributed by atoms with van der Waals surface area (Å²) in [4.78, 5) is 24.9. The van der Waals surface area contributed by atoms with Crippen molar-refractivity contribution in [2.45, 2.75) is 31.7 Å². The van der Waals surface area contributed by atoms with Crippen molar-refractivity contribution in [1.29, 1.82) is 0 Å². The average Bonchev–Trinajstić information content (AvgIpc) is 3.36. The molecule has 1 aromatic carbocycles. The third kappa shape index (κ3) is 3.97. The number of piperidine rings is 1. The molecule has 6 nitrogen and oxygen atoms in total. The molecule has 1 fully saturated rings. The van der Waals surface area contributed by atoms with Crippen molar-refractivity contribution >= 4 is 16.8 Å². The average molecular weight is 380 g/mol. The van der Waals surface area contributed by atoms with Crippen LogP contribution in [0.2, 0.25) is 0 Å². The highest BCUT2D eigenvalue weighted by Gasteiger charge is 2.27. The second-order valence-corrected chi connectivity index (χ2v) is 7.98. The Labute approximate surface area is 166 Å². The molecule has 3 aromatic rings. The van der Waals surface area contributed by atoms with E-state index in [-0.39, 0.29) is 5.91 Å². The summed E-state index contributed by atoms with van der Waals surface area (Å²) in [7, 11) is 4.21. The number of aryl methyl sites for hydroxylation is 1. The fourth-order valence-electron chi connectivity index (χ4n) is 4.13. The summed E-state index contributed by atoms with van der Waals surface area (Å²) < 4.78 is 2.30. The minimum atomic E-state index is 0.129. The Bertz CT molecular complexity index is 933. The second-order valence-electron chi connectivity index (χ2n) is 7.98. The van der Waals surface area contributed by atoms with E-state index in [4.69, 9.17) is 0 Å². The number of nitrogens with zero attached hydrogens (tertiary/aromatic N) is 4. The van der Waals surface area contributed by atoms with E-state index in [1.807, 2.05) is 41.6 Å². The summed E-state index contributed by atoms with van der Waals surface area (Å²) in [5.41, 5.74) is 1.78. The predicted octanol–water partition coefficient (Wildman–Crippen LogP) is 3.34. The molecule has 4 rings (SSSR count). The number of likely N-dealkylation sites (tertiary alicyclic amines) is 1. The van der Waals surface area contributed by atoms with Gasteiger partial charge in [0.15, 0.2) is 0 Å². The molecule has 3 heterocycles. The zero-order valence-corrected chi connectivity index (χ0v) is 16.8. The highest BCUT2D eigenvalue weighted by atomic mass is 16.2. The Hall–Kier alpha value is -2.60. The third-order valence-corrected chi connectivity index (χ3v) is 5.70. The highest BCUT2D eigenvalue weighted by Crippen LogP contribution is 2.28. The molecule has 1 saturated heterocycles. The monoisotopic (exact) mass is 379 g/mol. The van der Waals surface area contributed by atoms with Gasteiger partial charge in [0.2, 0.25) is 0 Å². The second kappa shape index (κ2) is 8.19. The van der Waals surface area contributed by atoms with Crippen molar-refractivity contribution in [1.82, 2.24) is 24.3 Å². The number of imidazole rings is 1. The zero-order chi connectivity index (χ0) is 19.5. The minimum Gasteiger partial charge on any atom is -0.361 e. The van der Waals surface area contributed by atoms with E-state index in [0.29, 0.717) is 5.92 Å². The van der Waals surface area contributed by atoms with Crippen LogP contribution < -0.4 is 0 Å². The van der Waals surface area contributed by atoms with E-state index >= 15 is 0 Å². The van der Waals surface area contributed by atoms with Crippen molar-refractivity contribution in [3.8, 4) is 0 Å². The van der Waals surface area contributed by atoms with Crippen LogP contribution in [0.1, 0.15) is 41.4 Å². The van der Waals surface area contributed by atoms with Gasteiger partial charge >= 0.3 is 0 Å². The van der Waals surface area contributed by atoms with Gasteiger partial charge in [0, 0.05) is 55.2 Å². The van der Waals surface area contributed by atoms with Gasteiger partial charge in [-0.2, -0.15) is 0 Å². The van der Waals surface area contributed by atoms with Crippen LogP contribution in [0.3, 0.4) is 0 Å². The van der Waals surface area contributed by atoms with Crippen LogP contribution in [-0.2, 0) is 6.54 Å². The molecule has 28 heavy (non-hydrogen) atoms. The number of benzene rings is 1. The molecule has 0 aliphatic carbocycles. The van der Waals surface area contributed by atoms with E-state index < -0.39 is 0 Å². The third-order valence-electron chi connectivity index (χ3n) is 5.70. The van der Waals surface area contributed by atoms with Crippen molar-refractivity contribution in [3.63, 3.8) is 0 Å². The smallest absolute Gasteiger partial charge is 0.253 e. The molecule has 0 spiro atoms. The number of aromatic nitrogens is 3. The quantitative estimate of drug-likeness (QED) is 0.715. The van der Waals surface area contributed by atoms with Gasteiger partial charge in [0.25, 0.3) is 5.91 Å². The maximum Gasteiger partial charge on any atom is 0.253 e. The summed E-state index contributed by atoms with van der Waals surface area (Å²) >= 11 is 0. The lowest BCUT2D eigenvalue weighted by Gasteiger charge is -2.32. The van der Waals surface area contributed by atoms with Gasteiger partial charge in [-0.25, -0.2) is 4.98 Å². The summed E-state index contributed by atoms with van der Waals surface area (Å²) in [6.07, 6.45) is 8.98. The molecular weight excluding hydrogens is 350 g/mol. The largest absolute Gasteiger partial charge is 0.361 e. The number of aromatic amines is 1. The number of fused-ring (bicyclic) bond motifs is 1. The molecule has 1 N–H and O–H groups in total. The molecule has 0 bridgehead atoms. The maximum absolute atomic E-state index is 12.9. The Morgan fingerprint density at radius 2 is 2.07 bits per heavy atom. The van der Waals surface area contributed by atoms with Gasteiger partial charge in [0.1, 0.15) is 5.82 Å². The molecule has 2 aromatic heterocycles. The van der Waals surface area contributed by atoms with Crippen LogP contribution in [-0.4, -0.2) is 64.0 Å². The van der Waals surface area contributed by atoms with Crippen LogP contribution in [0.4, 0.5) is 0 Å². The number of hydrogen-bond donors (Lipinski definition) is 1. The van der Waals surface area contributed by atoms with Crippen molar-refractivity contribution in [2.75, 3.05) is 33.7 Å². The number of carbonyl (C=O) groups excluding carboxylic acids is 1. The number of rotatable bonds is 6. The lowest BCUT2D eigenvalue weighted by Crippen LogP contribution is -2.38. The molecular formula is C22H29N5O. The van der Waals surface area contributed by atoms with Crippen molar-refractivity contribution in [2.24, 2.45) is 0 Å². The van der Waals surface area contributed by atoms with E-state index in [1.54, 1.807) is 0 Å². The first-order valence-corrected chi connectivity index (χ1v) is 10.1. The van der Waals surface area contributed by atoms with E-state index in [2.05, 4.69) is 39.7 Å². The van der Waals surface area contributed by atoms with E-state index in [0.717, 1.165) is 61.9 Å². The first-order valence-electron chi connectivity index (χ1n) is 10.1. The Morgan fingerprint density at radius 1 is 1.25 bits per heavy atom. The van der Waals surface area contributed by atoms with Gasteiger partial charge in [-0.05, 0) is 63.5 Å².